The summed E-state index contributed by atoms with van der Waals surface area (Å²) in [6, 6.07) is -4.71. The number of H-pyrrole nitrogens is 1. The van der Waals surface area contributed by atoms with Gasteiger partial charge >= 0.3 is 11.9 Å². The summed E-state index contributed by atoms with van der Waals surface area (Å²) in [5, 5.41) is 58.1. The number of carboxylic acid groups (broad SMARTS) is 2. The topological polar surface area (TPSA) is 433 Å². The number of aliphatic carboxylic acids is 2. The zero-order valence-electron chi connectivity index (χ0n) is 42.1. The lowest BCUT2D eigenvalue weighted by atomic mass is 9.96. The average molecular weight is 1030 g/mol. The second kappa shape index (κ2) is 30.0. The lowest BCUT2D eigenvalue weighted by Crippen LogP contribution is -2.61. The number of rotatable bonds is 32. The molecule has 0 saturated carbocycles. The summed E-state index contributed by atoms with van der Waals surface area (Å²) in [7, 11) is 0. The van der Waals surface area contributed by atoms with E-state index in [4.69, 9.17) is 11.5 Å². The second-order valence-corrected chi connectivity index (χ2v) is 18.7. The van der Waals surface area contributed by atoms with Gasteiger partial charge in [0.25, 0.3) is 0 Å². The number of carbonyl (C=O) groups excluding carboxylic acids is 9. The van der Waals surface area contributed by atoms with Crippen LogP contribution in [0.3, 0.4) is 0 Å². The molecule has 0 fully saturated rings. The Labute approximate surface area is 422 Å². The van der Waals surface area contributed by atoms with E-state index in [9.17, 15) is 73.2 Å². The zero-order chi connectivity index (χ0) is 55.3. The standard InChI is InChI=1S/C47H73N11O15/c1-8-24(6)39(46(71)57-34(21-59)47(72)73)58-44(69)32(17-26-19-50-28-12-10-9-11-27(26)28)55-43(68)31(16-23(4)5)54-42(67)30(15-22(2)3)53-41(66)29(13-14-35(48)61)52-36(62)20-51-40(65)33(18-37(63)64)56-45(70)38(49)25(7)60/h9-12,19,22-25,29-34,38-39,50,59-60H,8,13-18,20-21,49H2,1-7H3,(H2,48,61)(H,51,65)(H,52,62)(H,53,66)(H,54,67)(H,55,68)(H,56,70)(H,57,71)(H,58,69)(H,63,64)(H,72,73)/t24-,25+,29-,30-,31-,32-,33-,34-,38-,39-/m0/s1. The summed E-state index contributed by atoms with van der Waals surface area (Å²) >= 11 is 0. The van der Waals surface area contributed by atoms with Crippen LogP contribution in [-0.2, 0) is 59.2 Å². The minimum absolute atomic E-state index is 0.0147. The largest absolute Gasteiger partial charge is 0.481 e. The molecule has 0 saturated heterocycles. The number of hydrogen-bond acceptors (Lipinski definition) is 14. The van der Waals surface area contributed by atoms with Crippen LogP contribution in [-0.4, -0.2) is 158 Å². The third-order valence-corrected chi connectivity index (χ3v) is 11.6. The molecular formula is C47H73N11O15. The Morgan fingerprint density at radius 1 is 0.644 bits per heavy atom. The lowest BCUT2D eigenvalue weighted by molar-refractivity contribution is -0.144. The summed E-state index contributed by atoms with van der Waals surface area (Å²) in [5.41, 5.74) is 12.2. The van der Waals surface area contributed by atoms with E-state index in [-0.39, 0.29) is 37.5 Å². The van der Waals surface area contributed by atoms with Crippen molar-refractivity contribution in [3.05, 3.63) is 36.0 Å². The van der Waals surface area contributed by atoms with E-state index in [1.807, 2.05) is 0 Å². The SMILES string of the molecule is CC[C@H](C)[C@H](NC(=O)[C@H](Cc1c[nH]c2ccccc12)NC(=O)[C@H](CC(C)C)NC(=O)[C@H](CC(C)C)NC(=O)[C@H](CCC(N)=O)NC(=O)CNC(=O)[C@H](CC(=O)O)NC(=O)[C@@H](N)[C@@H](C)O)C(=O)N[C@@H](CO)C(=O)O. The van der Waals surface area contributed by atoms with Gasteiger partial charge in [-0.25, -0.2) is 4.79 Å². The van der Waals surface area contributed by atoms with E-state index in [1.54, 1.807) is 72.0 Å². The van der Waals surface area contributed by atoms with Crippen molar-refractivity contribution < 1.29 is 73.2 Å². The molecule has 0 aliphatic carbocycles. The molecule has 0 aliphatic rings. The highest BCUT2D eigenvalue weighted by atomic mass is 16.4. The maximum atomic E-state index is 14.4. The number of aromatic nitrogens is 1. The summed E-state index contributed by atoms with van der Waals surface area (Å²) < 4.78 is 0. The van der Waals surface area contributed by atoms with Gasteiger partial charge in [-0.1, -0.05) is 66.2 Å². The van der Waals surface area contributed by atoms with E-state index in [0.29, 0.717) is 12.0 Å². The molecule has 26 nitrogen and oxygen atoms in total. The van der Waals surface area contributed by atoms with Gasteiger partial charge < -0.3 is 79.4 Å². The van der Waals surface area contributed by atoms with Gasteiger partial charge in [0.2, 0.25) is 53.2 Å². The Morgan fingerprint density at radius 3 is 1.67 bits per heavy atom. The highest BCUT2D eigenvalue weighted by Gasteiger charge is 2.36. The van der Waals surface area contributed by atoms with Crippen LogP contribution >= 0.6 is 0 Å². The summed E-state index contributed by atoms with van der Waals surface area (Å²) in [4.78, 5) is 147. The number of aliphatic hydroxyl groups excluding tert-OH is 2. The molecule has 10 atom stereocenters. The molecule has 1 aromatic carbocycles. The summed E-state index contributed by atoms with van der Waals surface area (Å²) in [6.45, 7) is 9.81. The minimum Gasteiger partial charge on any atom is -0.481 e. The predicted molar refractivity (Wildman–Crippen MR) is 262 cm³/mol. The first-order valence-corrected chi connectivity index (χ1v) is 23.9. The Balaban J connectivity index is 2.43. The smallest absolute Gasteiger partial charge is 0.328 e. The van der Waals surface area contributed by atoms with Gasteiger partial charge in [0.05, 0.1) is 25.7 Å². The first kappa shape index (κ1) is 61.9. The molecule has 17 N–H and O–H groups in total. The number of nitrogens with two attached hydrogens (primary N) is 2. The van der Waals surface area contributed by atoms with Crippen molar-refractivity contribution in [2.45, 2.75) is 148 Å². The van der Waals surface area contributed by atoms with Gasteiger partial charge in [0.1, 0.15) is 48.3 Å². The Bertz CT molecular complexity index is 2270. The first-order valence-electron chi connectivity index (χ1n) is 23.9. The lowest BCUT2D eigenvalue weighted by Gasteiger charge is -2.29. The Morgan fingerprint density at radius 2 is 1.16 bits per heavy atom. The fourth-order valence-electron chi connectivity index (χ4n) is 7.32. The van der Waals surface area contributed by atoms with Crippen molar-refractivity contribution in [2.75, 3.05) is 13.2 Å². The molecule has 0 spiro atoms. The molecule has 0 bridgehead atoms. The van der Waals surface area contributed by atoms with E-state index < -0.39 is 151 Å². The van der Waals surface area contributed by atoms with Gasteiger partial charge in [-0.05, 0) is 55.6 Å². The first-order chi connectivity index (χ1) is 34.2. The summed E-state index contributed by atoms with van der Waals surface area (Å²) in [5.74, 6) is -12.5. The fraction of sp³-hybridized carbons (Fsp3) is 0.596. The molecule has 2 aromatic rings. The molecule has 2 rings (SSSR count). The Hall–Kier alpha value is -7.19. The van der Waals surface area contributed by atoms with Crippen molar-refractivity contribution in [3.63, 3.8) is 0 Å². The number of hydrogen-bond donors (Lipinski definition) is 15. The number of aromatic amines is 1. The van der Waals surface area contributed by atoms with E-state index in [1.165, 1.54) is 6.92 Å². The van der Waals surface area contributed by atoms with Gasteiger partial charge in [0.15, 0.2) is 0 Å². The van der Waals surface area contributed by atoms with Crippen molar-refractivity contribution >= 4 is 76.0 Å². The monoisotopic (exact) mass is 1030 g/mol. The predicted octanol–water partition coefficient (Wildman–Crippen LogP) is -3.12. The number of aliphatic hydroxyl groups is 2. The summed E-state index contributed by atoms with van der Waals surface area (Å²) in [6.07, 6.45) is -1.23. The van der Waals surface area contributed by atoms with Crippen molar-refractivity contribution in [2.24, 2.45) is 29.2 Å². The number of amides is 9. The van der Waals surface area contributed by atoms with Crippen LogP contribution in [0.15, 0.2) is 30.5 Å². The number of fused-ring (bicyclic) bond motifs is 1. The average Bonchev–Trinajstić information content (AvgIpc) is 3.72. The number of para-hydroxylation sites is 1. The third kappa shape index (κ3) is 20.8. The number of primary amides is 1. The van der Waals surface area contributed by atoms with E-state index in [0.717, 1.165) is 10.9 Å². The highest BCUT2D eigenvalue weighted by molar-refractivity contribution is 5.98. The van der Waals surface area contributed by atoms with Crippen LogP contribution in [0.2, 0.25) is 0 Å². The van der Waals surface area contributed by atoms with Crippen LogP contribution in [0.25, 0.3) is 10.9 Å². The highest BCUT2D eigenvalue weighted by Crippen LogP contribution is 2.20. The molecule has 26 heteroatoms. The van der Waals surface area contributed by atoms with Gasteiger partial charge in [-0.15, -0.1) is 0 Å². The molecule has 9 amide bonds. The number of carboxylic acids is 2. The van der Waals surface area contributed by atoms with Crippen molar-refractivity contribution in [3.8, 4) is 0 Å². The van der Waals surface area contributed by atoms with Gasteiger partial charge in [-0.3, -0.25) is 47.9 Å². The molecule has 406 valence electrons. The molecule has 1 heterocycles. The van der Waals surface area contributed by atoms with E-state index >= 15 is 0 Å². The van der Waals surface area contributed by atoms with Crippen molar-refractivity contribution in [1.29, 1.82) is 0 Å². The van der Waals surface area contributed by atoms with Crippen LogP contribution < -0.4 is 54.0 Å². The minimum atomic E-state index is -1.73. The normalized spacial score (nSPS) is 15.4. The number of nitrogens with one attached hydrogen (secondary N) is 9. The quantitative estimate of drug-likeness (QED) is 0.0345. The van der Waals surface area contributed by atoms with Crippen LogP contribution in [0.1, 0.15) is 92.6 Å². The fourth-order valence-corrected chi connectivity index (χ4v) is 7.32. The molecule has 1 aromatic heterocycles. The third-order valence-electron chi connectivity index (χ3n) is 11.6. The molecule has 0 unspecified atom stereocenters. The molecule has 0 aliphatic heterocycles. The Kier molecular flexibility index (Phi) is 25.4. The molecular weight excluding hydrogens is 959 g/mol. The van der Waals surface area contributed by atoms with Crippen LogP contribution in [0.5, 0.6) is 0 Å². The zero-order valence-corrected chi connectivity index (χ0v) is 42.1. The molecule has 0 radical (unpaired) electrons. The number of benzene rings is 1. The van der Waals surface area contributed by atoms with Gasteiger partial charge in [-0.2, -0.15) is 0 Å². The van der Waals surface area contributed by atoms with Crippen LogP contribution in [0, 0.1) is 17.8 Å². The second-order valence-electron chi connectivity index (χ2n) is 18.7. The maximum Gasteiger partial charge on any atom is 0.328 e. The molecule has 73 heavy (non-hydrogen) atoms. The van der Waals surface area contributed by atoms with Gasteiger partial charge in [0, 0.05) is 29.9 Å². The van der Waals surface area contributed by atoms with Crippen LogP contribution in [0.4, 0.5) is 0 Å². The van der Waals surface area contributed by atoms with E-state index in [2.05, 4.69) is 47.5 Å². The maximum absolute atomic E-state index is 14.4. The van der Waals surface area contributed by atoms with Crippen molar-refractivity contribution in [1.82, 2.24) is 47.5 Å². The number of carbonyl (C=O) groups is 11.